The van der Waals surface area contributed by atoms with E-state index in [0.717, 1.165) is 9.35 Å². The summed E-state index contributed by atoms with van der Waals surface area (Å²) in [7, 11) is 1.39. The number of ether oxygens (including phenoxy) is 1. The molecule has 104 valence electrons. The van der Waals surface area contributed by atoms with Crippen molar-refractivity contribution in [3.63, 3.8) is 0 Å². The van der Waals surface area contributed by atoms with Crippen molar-refractivity contribution in [1.29, 1.82) is 0 Å². The van der Waals surface area contributed by atoms with E-state index in [9.17, 15) is 9.59 Å². The number of carbonyl (C=O) groups excluding carboxylic acids is 2. The number of thiophene rings is 1. The van der Waals surface area contributed by atoms with E-state index in [-0.39, 0.29) is 23.7 Å². The van der Waals surface area contributed by atoms with Gasteiger partial charge in [-0.15, -0.1) is 11.3 Å². The molecular weight excluding hydrogens is 330 g/mol. The highest BCUT2D eigenvalue weighted by Gasteiger charge is 2.38. The Labute approximate surface area is 124 Å². The second-order valence-electron chi connectivity index (χ2n) is 4.88. The number of methoxy groups -OCH3 is 1. The molecule has 0 aliphatic carbocycles. The van der Waals surface area contributed by atoms with Crippen LogP contribution in [0.5, 0.6) is 0 Å². The Morgan fingerprint density at radius 1 is 1.47 bits per heavy atom. The lowest BCUT2D eigenvalue weighted by Crippen LogP contribution is -2.29. The monoisotopic (exact) mass is 345 g/mol. The van der Waals surface area contributed by atoms with Crippen molar-refractivity contribution in [2.75, 3.05) is 20.2 Å². The number of likely N-dealkylation sites (tertiary alicyclic amines) is 1. The zero-order valence-electron chi connectivity index (χ0n) is 11.1. The van der Waals surface area contributed by atoms with Crippen LogP contribution in [0.1, 0.15) is 22.2 Å². The predicted octanol–water partition coefficient (Wildman–Crippen LogP) is 2.70. The van der Waals surface area contributed by atoms with Crippen LogP contribution in [0.2, 0.25) is 0 Å². The average Bonchev–Trinajstić information content (AvgIpc) is 2.92. The van der Waals surface area contributed by atoms with Crippen LogP contribution in [0.25, 0.3) is 0 Å². The van der Waals surface area contributed by atoms with Gasteiger partial charge in [0.25, 0.3) is 5.91 Å². The highest BCUT2D eigenvalue weighted by molar-refractivity contribution is 9.11. The van der Waals surface area contributed by atoms with E-state index in [1.807, 2.05) is 19.9 Å². The SMILES string of the molecule is COC(=O)C1CN(C(=O)c2cc(C)c(Br)s2)CC1C. The quantitative estimate of drug-likeness (QED) is 0.774. The van der Waals surface area contributed by atoms with Crippen LogP contribution in [0.3, 0.4) is 0 Å². The van der Waals surface area contributed by atoms with Gasteiger partial charge in [0.05, 0.1) is 21.7 Å². The smallest absolute Gasteiger partial charge is 0.310 e. The molecule has 0 bridgehead atoms. The molecule has 0 N–H and O–H groups in total. The van der Waals surface area contributed by atoms with Crippen molar-refractivity contribution >= 4 is 39.1 Å². The molecule has 2 atom stereocenters. The molecule has 1 amide bonds. The van der Waals surface area contributed by atoms with Crippen LogP contribution < -0.4 is 0 Å². The molecule has 1 aromatic heterocycles. The van der Waals surface area contributed by atoms with Crippen LogP contribution in [-0.4, -0.2) is 37.0 Å². The minimum atomic E-state index is -0.230. The molecular formula is C13H16BrNO3S. The van der Waals surface area contributed by atoms with Crippen molar-refractivity contribution in [3.8, 4) is 0 Å². The molecule has 2 heterocycles. The highest BCUT2D eigenvalue weighted by Crippen LogP contribution is 2.31. The fraction of sp³-hybridized carbons (Fsp3) is 0.538. The van der Waals surface area contributed by atoms with Gasteiger partial charge in [-0.1, -0.05) is 6.92 Å². The van der Waals surface area contributed by atoms with Crippen LogP contribution in [0.15, 0.2) is 9.85 Å². The Balaban J connectivity index is 2.12. The minimum Gasteiger partial charge on any atom is -0.469 e. The summed E-state index contributed by atoms with van der Waals surface area (Å²) < 4.78 is 5.76. The van der Waals surface area contributed by atoms with E-state index in [0.29, 0.717) is 18.0 Å². The minimum absolute atomic E-state index is 0.00273. The number of hydrogen-bond donors (Lipinski definition) is 0. The fourth-order valence-electron chi connectivity index (χ4n) is 2.31. The highest BCUT2D eigenvalue weighted by atomic mass is 79.9. The third kappa shape index (κ3) is 2.84. The first kappa shape index (κ1) is 14.5. The molecule has 2 unspecified atom stereocenters. The van der Waals surface area contributed by atoms with Crippen LogP contribution in [0.4, 0.5) is 0 Å². The summed E-state index contributed by atoms with van der Waals surface area (Å²) in [5.41, 5.74) is 1.06. The summed E-state index contributed by atoms with van der Waals surface area (Å²) in [4.78, 5) is 26.5. The van der Waals surface area contributed by atoms with Gasteiger partial charge in [-0.25, -0.2) is 0 Å². The normalized spacial score (nSPS) is 22.6. The van der Waals surface area contributed by atoms with E-state index < -0.39 is 0 Å². The Hall–Kier alpha value is -0.880. The van der Waals surface area contributed by atoms with Crippen LogP contribution >= 0.6 is 27.3 Å². The Bertz CT molecular complexity index is 494. The van der Waals surface area contributed by atoms with Crippen LogP contribution in [0, 0.1) is 18.8 Å². The van der Waals surface area contributed by atoms with Gasteiger partial charge in [-0.05, 0) is 40.4 Å². The third-order valence-electron chi connectivity index (χ3n) is 3.47. The Morgan fingerprint density at radius 2 is 2.16 bits per heavy atom. The standard InChI is InChI=1S/C13H16BrNO3S/c1-7-4-10(19-11(7)14)12(16)15-5-8(2)9(6-15)13(17)18-3/h4,8-9H,5-6H2,1-3H3. The molecule has 0 aromatic carbocycles. The number of rotatable bonds is 2. The molecule has 1 aliphatic heterocycles. The van der Waals surface area contributed by atoms with Gasteiger partial charge in [0.15, 0.2) is 0 Å². The molecule has 2 rings (SSSR count). The third-order valence-corrected chi connectivity index (χ3v) is 5.60. The van der Waals surface area contributed by atoms with Crippen molar-refractivity contribution in [2.24, 2.45) is 11.8 Å². The molecule has 1 aliphatic rings. The largest absolute Gasteiger partial charge is 0.469 e. The maximum Gasteiger partial charge on any atom is 0.310 e. The number of esters is 1. The number of hydrogen-bond acceptors (Lipinski definition) is 4. The van der Waals surface area contributed by atoms with Crippen LogP contribution in [-0.2, 0) is 9.53 Å². The van der Waals surface area contributed by atoms with E-state index in [2.05, 4.69) is 15.9 Å². The number of nitrogens with zero attached hydrogens (tertiary/aromatic N) is 1. The van der Waals surface area contributed by atoms with Gasteiger partial charge >= 0.3 is 5.97 Å². The zero-order chi connectivity index (χ0) is 14.2. The molecule has 4 nitrogen and oxygen atoms in total. The summed E-state index contributed by atoms with van der Waals surface area (Å²) >= 11 is 4.86. The van der Waals surface area contributed by atoms with Gasteiger partial charge < -0.3 is 9.64 Å². The molecule has 6 heteroatoms. The van der Waals surface area contributed by atoms with E-state index in [1.165, 1.54) is 18.4 Å². The molecule has 19 heavy (non-hydrogen) atoms. The summed E-state index contributed by atoms with van der Waals surface area (Å²) in [6.45, 7) is 4.99. The molecule has 0 spiro atoms. The molecule has 0 saturated carbocycles. The van der Waals surface area contributed by atoms with Gasteiger partial charge in [0, 0.05) is 13.1 Å². The zero-order valence-corrected chi connectivity index (χ0v) is 13.5. The molecule has 1 aromatic rings. The van der Waals surface area contributed by atoms with E-state index in [4.69, 9.17) is 4.74 Å². The predicted molar refractivity (Wildman–Crippen MR) is 77.3 cm³/mol. The average molecular weight is 346 g/mol. The van der Waals surface area contributed by atoms with Gasteiger partial charge in [-0.3, -0.25) is 9.59 Å². The first-order valence-corrected chi connectivity index (χ1v) is 7.68. The maximum atomic E-state index is 12.4. The molecule has 0 radical (unpaired) electrons. The summed E-state index contributed by atoms with van der Waals surface area (Å²) in [6.07, 6.45) is 0. The fourth-order valence-corrected chi connectivity index (χ4v) is 3.81. The Kier molecular flexibility index (Phi) is 4.30. The second-order valence-corrected chi connectivity index (χ2v) is 7.25. The Morgan fingerprint density at radius 3 is 2.68 bits per heavy atom. The first-order valence-electron chi connectivity index (χ1n) is 6.07. The first-order chi connectivity index (χ1) is 8.93. The van der Waals surface area contributed by atoms with Crippen molar-refractivity contribution in [2.45, 2.75) is 13.8 Å². The van der Waals surface area contributed by atoms with Crippen molar-refractivity contribution in [3.05, 3.63) is 20.3 Å². The van der Waals surface area contributed by atoms with Gasteiger partial charge in [0.1, 0.15) is 0 Å². The lowest BCUT2D eigenvalue weighted by atomic mass is 9.99. The number of amides is 1. The number of aryl methyl sites for hydroxylation is 1. The van der Waals surface area contributed by atoms with Gasteiger partial charge in [-0.2, -0.15) is 0 Å². The van der Waals surface area contributed by atoms with Crippen molar-refractivity contribution in [1.82, 2.24) is 4.90 Å². The van der Waals surface area contributed by atoms with E-state index >= 15 is 0 Å². The molecule has 1 fully saturated rings. The molecule has 1 saturated heterocycles. The summed E-state index contributed by atoms with van der Waals surface area (Å²) in [5.74, 6) is -0.303. The summed E-state index contributed by atoms with van der Waals surface area (Å²) in [6, 6.07) is 1.88. The lowest BCUT2D eigenvalue weighted by molar-refractivity contribution is -0.145. The lowest BCUT2D eigenvalue weighted by Gasteiger charge is -2.14. The number of carbonyl (C=O) groups is 2. The topological polar surface area (TPSA) is 46.6 Å². The van der Waals surface area contributed by atoms with E-state index in [1.54, 1.807) is 4.90 Å². The summed E-state index contributed by atoms with van der Waals surface area (Å²) in [5, 5.41) is 0. The second kappa shape index (κ2) is 5.63. The van der Waals surface area contributed by atoms with Gasteiger partial charge in [0.2, 0.25) is 0 Å². The maximum absolute atomic E-state index is 12.4. The number of halogens is 1. The van der Waals surface area contributed by atoms with Crippen molar-refractivity contribution < 1.29 is 14.3 Å².